The average molecular weight is 436 g/mol. The van der Waals surface area contributed by atoms with Crippen LogP contribution in [0.25, 0.3) is 16.2 Å². The van der Waals surface area contributed by atoms with E-state index in [-0.39, 0.29) is 6.79 Å². The fourth-order valence-corrected chi connectivity index (χ4v) is 5.13. The van der Waals surface area contributed by atoms with Gasteiger partial charge in [-0.25, -0.2) is 0 Å². The predicted octanol–water partition coefficient (Wildman–Crippen LogP) is 5.79. The first-order valence-electron chi connectivity index (χ1n) is 7.98. The van der Waals surface area contributed by atoms with Crippen molar-refractivity contribution >= 4 is 51.3 Å². The zero-order valence-corrected chi connectivity index (χ0v) is 16.8. The molecule has 1 aliphatic heterocycles. The van der Waals surface area contributed by atoms with Crippen molar-refractivity contribution in [2.75, 3.05) is 6.79 Å². The summed E-state index contributed by atoms with van der Waals surface area (Å²) in [5.41, 5.74) is 2.98. The summed E-state index contributed by atoms with van der Waals surface area (Å²) in [5.74, 6) is 2.30. The van der Waals surface area contributed by atoms with Gasteiger partial charge in [0.15, 0.2) is 16.7 Å². The Morgan fingerprint density at radius 3 is 2.85 bits per heavy atom. The van der Waals surface area contributed by atoms with Gasteiger partial charge in [-0.2, -0.15) is 0 Å². The first kappa shape index (κ1) is 17.2. The quantitative estimate of drug-likeness (QED) is 0.379. The molecule has 0 spiro atoms. The number of ether oxygens (including phenoxy) is 2. The van der Waals surface area contributed by atoms with Crippen molar-refractivity contribution in [3.05, 3.63) is 57.4 Å². The summed E-state index contributed by atoms with van der Waals surface area (Å²) in [5, 5.41) is 12.7. The van der Waals surface area contributed by atoms with E-state index in [0.717, 1.165) is 44.2 Å². The maximum absolute atomic E-state index is 6.40. The predicted molar refractivity (Wildman–Crippen MR) is 108 cm³/mol. The number of thioether (sulfide) groups is 1. The van der Waals surface area contributed by atoms with Gasteiger partial charge in [-0.1, -0.05) is 41.0 Å². The SMILES string of the molecule is Clc1ccc(-c2csc3nnc(SCc4ccc5c(c4)OCO5)n23)c(Cl)c1. The largest absolute Gasteiger partial charge is 0.454 e. The van der Waals surface area contributed by atoms with E-state index >= 15 is 0 Å². The lowest BCUT2D eigenvalue weighted by Gasteiger charge is -2.06. The summed E-state index contributed by atoms with van der Waals surface area (Å²) in [7, 11) is 0. The Morgan fingerprint density at radius 2 is 1.96 bits per heavy atom. The molecule has 2 aromatic heterocycles. The molecule has 4 aromatic rings. The number of hydrogen-bond acceptors (Lipinski definition) is 6. The number of benzene rings is 2. The van der Waals surface area contributed by atoms with Crippen LogP contribution in [0, 0.1) is 0 Å². The Balaban J connectivity index is 1.46. The highest BCUT2D eigenvalue weighted by atomic mass is 35.5. The molecule has 5 nitrogen and oxygen atoms in total. The summed E-state index contributed by atoms with van der Waals surface area (Å²) in [6.45, 7) is 0.275. The van der Waals surface area contributed by atoms with Gasteiger partial charge < -0.3 is 9.47 Å². The van der Waals surface area contributed by atoms with Crippen molar-refractivity contribution in [3.8, 4) is 22.8 Å². The van der Waals surface area contributed by atoms with Crippen LogP contribution in [0.3, 0.4) is 0 Å². The van der Waals surface area contributed by atoms with Crippen LogP contribution >= 0.6 is 46.3 Å². The number of hydrogen-bond donors (Lipinski definition) is 0. The van der Waals surface area contributed by atoms with Crippen molar-refractivity contribution in [2.45, 2.75) is 10.9 Å². The summed E-state index contributed by atoms with van der Waals surface area (Å²) < 4.78 is 12.8. The van der Waals surface area contributed by atoms with E-state index in [4.69, 9.17) is 32.7 Å². The Kier molecular flexibility index (Phi) is 4.40. The van der Waals surface area contributed by atoms with Crippen molar-refractivity contribution in [2.24, 2.45) is 0 Å². The highest BCUT2D eigenvalue weighted by Crippen LogP contribution is 2.37. The molecule has 0 bridgehead atoms. The van der Waals surface area contributed by atoms with E-state index in [2.05, 4.69) is 10.2 Å². The molecule has 0 fully saturated rings. The molecule has 3 heterocycles. The minimum Gasteiger partial charge on any atom is -0.454 e. The van der Waals surface area contributed by atoms with Gasteiger partial charge in [-0.15, -0.1) is 21.5 Å². The van der Waals surface area contributed by atoms with Gasteiger partial charge in [0.05, 0.1) is 10.7 Å². The third kappa shape index (κ3) is 3.14. The fourth-order valence-electron chi connectivity index (χ4n) is 2.85. The number of halogens is 2. The first-order chi connectivity index (χ1) is 13.2. The van der Waals surface area contributed by atoms with E-state index < -0.39 is 0 Å². The third-order valence-electron chi connectivity index (χ3n) is 4.13. The highest BCUT2D eigenvalue weighted by molar-refractivity contribution is 7.98. The Labute approximate surface area is 172 Å². The molecule has 0 amide bonds. The second kappa shape index (κ2) is 6.91. The van der Waals surface area contributed by atoms with Gasteiger partial charge >= 0.3 is 0 Å². The molecule has 0 N–H and O–H groups in total. The summed E-state index contributed by atoms with van der Waals surface area (Å²) >= 11 is 15.6. The van der Waals surface area contributed by atoms with E-state index in [1.54, 1.807) is 17.8 Å². The molecule has 136 valence electrons. The van der Waals surface area contributed by atoms with Gasteiger partial charge in [0.1, 0.15) is 0 Å². The minimum atomic E-state index is 0.275. The second-order valence-corrected chi connectivity index (χ2v) is 8.44. The molecular formula is C18H11Cl2N3O2S2. The van der Waals surface area contributed by atoms with Crippen molar-refractivity contribution in [3.63, 3.8) is 0 Å². The number of rotatable bonds is 4. The lowest BCUT2D eigenvalue weighted by Crippen LogP contribution is -1.93. The number of nitrogens with zero attached hydrogens (tertiary/aromatic N) is 3. The lowest BCUT2D eigenvalue weighted by molar-refractivity contribution is 0.174. The third-order valence-corrected chi connectivity index (χ3v) is 6.50. The van der Waals surface area contributed by atoms with E-state index in [0.29, 0.717) is 10.0 Å². The van der Waals surface area contributed by atoms with Crippen molar-refractivity contribution < 1.29 is 9.47 Å². The zero-order chi connectivity index (χ0) is 18.4. The van der Waals surface area contributed by atoms with Crippen LogP contribution in [0.4, 0.5) is 0 Å². The van der Waals surface area contributed by atoms with Crippen molar-refractivity contribution in [1.82, 2.24) is 14.6 Å². The van der Waals surface area contributed by atoms with Crippen LogP contribution in [0.2, 0.25) is 10.0 Å². The summed E-state index contributed by atoms with van der Waals surface area (Å²) in [6.07, 6.45) is 0. The molecule has 0 aliphatic carbocycles. The van der Waals surface area contributed by atoms with Crippen molar-refractivity contribution in [1.29, 1.82) is 0 Å². The van der Waals surface area contributed by atoms with E-state index in [9.17, 15) is 0 Å². The normalized spacial score (nSPS) is 12.8. The van der Waals surface area contributed by atoms with Gasteiger partial charge in [-0.05, 0) is 35.9 Å². The molecule has 9 heteroatoms. The molecule has 0 atom stereocenters. The lowest BCUT2D eigenvalue weighted by atomic mass is 10.2. The van der Waals surface area contributed by atoms with Gasteiger partial charge in [0.2, 0.25) is 11.8 Å². The molecule has 0 radical (unpaired) electrons. The minimum absolute atomic E-state index is 0.275. The highest BCUT2D eigenvalue weighted by Gasteiger charge is 2.17. The standard InChI is InChI=1S/C18H11Cl2N3O2S2/c19-11-2-3-12(13(20)6-11)14-8-27-18-22-21-17(23(14)18)26-7-10-1-4-15-16(5-10)25-9-24-15/h1-6,8H,7,9H2. The fraction of sp³-hybridized carbons (Fsp3) is 0.111. The van der Waals surface area contributed by atoms with Crippen LogP contribution < -0.4 is 9.47 Å². The zero-order valence-electron chi connectivity index (χ0n) is 13.7. The molecular weight excluding hydrogens is 425 g/mol. The van der Waals surface area contributed by atoms with Crippen LogP contribution in [0.15, 0.2) is 46.9 Å². The molecule has 1 aliphatic rings. The Bertz CT molecular complexity index is 1160. The smallest absolute Gasteiger partial charge is 0.231 e. The maximum Gasteiger partial charge on any atom is 0.231 e. The number of aromatic nitrogens is 3. The first-order valence-corrected chi connectivity index (χ1v) is 10.6. The number of fused-ring (bicyclic) bond motifs is 2. The van der Waals surface area contributed by atoms with Crippen LogP contribution in [-0.2, 0) is 5.75 Å². The molecule has 0 unspecified atom stereocenters. The Hall–Kier alpha value is -1.93. The maximum atomic E-state index is 6.40. The summed E-state index contributed by atoms with van der Waals surface area (Å²) in [6, 6.07) is 11.4. The Morgan fingerprint density at radius 1 is 1.07 bits per heavy atom. The van der Waals surface area contributed by atoms with Gasteiger partial charge in [0, 0.05) is 21.7 Å². The van der Waals surface area contributed by atoms with Crippen LogP contribution in [-0.4, -0.2) is 21.4 Å². The molecule has 2 aromatic carbocycles. The van der Waals surface area contributed by atoms with E-state index in [1.807, 2.05) is 40.1 Å². The molecule has 0 saturated heterocycles. The topological polar surface area (TPSA) is 48.7 Å². The average Bonchev–Trinajstić information content (AvgIpc) is 3.36. The van der Waals surface area contributed by atoms with Gasteiger partial charge in [-0.3, -0.25) is 4.40 Å². The van der Waals surface area contributed by atoms with Gasteiger partial charge in [0.25, 0.3) is 0 Å². The summed E-state index contributed by atoms with van der Waals surface area (Å²) in [4.78, 5) is 0.823. The molecule has 5 rings (SSSR count). The number of thiazole rings is 1. The second-order valence-electron chi connectivity index (χ2n) is 5.82. The van der Waals surface area contributed by atoms with Crippen LogP contribution in [0.1, 0.15) is 5.56 Å². The van der Waals surface area contributed by atoms with E-state index in [1.165, 1.54) is 11.3 Å². The molecule has 0 saturated carbocycles. The molecule has 27 heavy (non-hydrogen) atoms. The van der Waals surface area contributed by atoms with Crippen LogP contribution in [0.5, 0.6) is 11.5 Å². The monoisotopic (exact) mass is 435 g/mol.